The number of benzene rings is 1. The Labute approximate surface area is 146 Å². The summed E-state index contributed by atoms with van der Waals surface area (Å²) in [5, 5.41) is 1.78. The number of thiophene rings is 1. The fourth-order valence-electron chi connectivity index (χ4n) is 3.50. The zero-order chi connectivity index (χ0) is 16.7. The average molecular weight is 362 g/mol. The van der Waals surface area contributed by atoms with Crippen molar-refractivity contribution in [3.8, 4) is 0 Å². The number of carbonyl (C=O) groups is 1. The van der Waals surface area contributed by atoms with Gasteiger partial charge in [0.1, 0.15) is 0 Å². The largest absolute Gasteiger partial charge is 0.592 e. The molecule has 2 aliphatic heterocycles. The summed E-state index contributed by atoms with van der Waals surface area (Å²) >= 11 is 1.25. The van der Waals surface area contributed by atoms with Crippen LogP contribution in [0.4, 0.5) is 0 Å². The predicted molar refractivity (Wildman–Crippen MR) is 92.3 cm³/mol. The Morgan fingerprint density at radius 3 is 2.54 bits per heavy atom. The van der Waals surface area contributed by atoms with Crippen LogP contribution in [-0.2, 0) is 21.2 Å². The van der Waals surface area contributed by atoms with Gasteiger partial charge in [-0.3, -0.25) is 4.79 Å². The molecule has 1 atom stereocenters. The summed E-state index contributed by atoms with van der Waals surface area (Å²) in [4.78, 5) is 14.5. The van der Waals surface area contributed by atoms with Crippen molar-refractivity contribution >= 4 is 27.6 Å². The van der Waals surface area contributed by atoms with Crippen LogP contribution in [0.1, 0.15) is 28.8 Å². The van der Waals surface area contributed by atoms with Gasteiger partial charge in [0.25, 0.3) is 5.91 Å². The van der Waals surface area contributed by atoms with Gasteiger partial charge >= 0.3 is 0 Å². The maximum absolute atomic E-state index is 12.6. The van der Waals surface area contributed by atoms with E-state index in [0.29, 0.717) is 36.7 Å². The van der Waals surface area contributed by atoms with Crippen molar-refractivity contribution in [2.45, 2.75) is 29.6 Å². The van der Waals surface area contributed by atoms with Crippen molar-refractivity contribution < 1.29 is 13.6 Å². The number of hydrogen-bond acceptors (Lipinski definition) is 4. The average Bonchev–Trinajstić information content (AvgIpc) is 3.24. The van der Waals surface area contributed by atoms with E-state index in [-0.39, 0.29) is 11.9 Å². The molecule has 1 amide bonds. The Balaban J connectivity index is 1.44. The van der Waals surface area contributed by atoms with E-state index in [2.05, 4.69) is 0 Å². The van der Waals surface area contributed by atoms with E-state index in [1.165, 1.54) is 11.3 Å². The molecule has 2 aliphatic rings. The van der Waals surface area contributed by atoms with E-state index in [1.54, 1.807) is 21.8 Å². The second kappa shape index (κ2) is 6.07. The maximum Gasteiger partial charge on any atom is 0.254 e. The summed E-state index contributed by atoms with van der Waals surface area (Å²) < 4.78 is 27.1. The summed E-state index contributed by atoms with van der Waals surface area (Å²) in [5.41, 5.74) is 1.85. The molecule has 5 nitrogen and oxygen atoms in total. The van der Waals surface area contributed by atoms with Crippen molar-refractivity contribution in [3.63, 3.8) is 0 Å². The molecule has 1 aromatic heterocycles. The minimum atomic E-state index is -3.38. The third kappa shape index (κ3) is 2.61. The third-order valence-electron chi connectivity index (χ3n) is 4.80. The molecule has 1 fully saturated rings. The molecule has 0 bridgehead atoms. The van der Waals surface area contributed by atoms with Crippen molar-refractivity contribution in [1.29, 1.82) is 0 Å². The number of nitrogens with zero attached hydrogens (tertiary/aromatic N) is 2. The number of amides is 1. The fraction of sp³-hybridized carbons (Fsp3) is 0.353. The molecule has 0 radical (unpaired) electrons. The van der Waals surface area contributed by atoms with Crippen LogP contribution < -0.4 is 0 Å². The predicted octanol–water partition coefficient (Wildman–Crippen LogP) is 2.77. The van der Waals surface area contributed by atoms with Gasteiger partial charge in [0.15, 0.2) is 10.4 Å². The summed E-state index contributed by atoms with van der Waals surface area (Å²) in [7, 11) is -3.38. The van der Waals surface area contributed by atoms with Crippen LogP contribution in [0, 0.1) is 0 Å². The second-order valence-corrected chi connectivity index (χ2v) is 9.27. The molecule has 0 spiro atoms. The molecule has 0 N–H and O–H groups in total. The van der Waals surface area contributed by atoms with Gasteiger partial charge in [0.05, 0.1) is 0 Å². The number of carbonyl (C=O) groups excluding carboxylic acids is 1. The van der Waals surface area contributed by atoms with Gasteiger partial charge in [0, 0.05) is 37.3 Å². The maximum atomic E-state index is 12.6. The second-order valence-electron chi connectivity index (χ2n) is 6.16. The summed E-state index contributed by atoms with van der Waals surface area (Å²) in [6.07, 6.45) is 1.37. The van der Waals surface area contributed by atoms with Crippen molar-refractivity contribution in [2.24, 2.45) is 0 Å². The highest BCUT2D eigenvalue weighted by Crippen LogP contribution is 2.32. The van der Waals surface area contributed by atoms with Crippen molar-refractivity contribution in [1.82, 2.24) is 9.21 Å². The minimum Gasteiger partial charge on any atom is -0.592 e. The molecule has 0 aliphatic carbocycles. The first-order chi connectivity index (χ1) is 11.6. The highest BCUT2D eigenvalue weighted by Gasteiger charge is 2.39. The topological polar surface area (TPSA) is 63.7 Å². The van der Waals surface area contributed by atoms with E-state index in [1.807, 2.05) is 29.2 Å². The number of fused-ring (bicyclic) bond motifs is 1. The van der Waals surface area contributed by atoms with Crippen LogP contribution in [0.5, 0.6) is 0 Å². The van der Waals surface area contributed by atoms with Crippen LogP contribution in [0.25, 0.3) is 0 Å². The number of piperidine rings is 1. The highest BCUT2D eigenvalue weighted by molar-refractivity contribution is 7.97. The Kier molecular flexibility index (Phi) is 4.04. The quantitative estimate of drug-likeness (QED) is 0.789. The highest BCUT2D eigenvalue weighted by atomic mass is 32.3. The van der Waals surface area contributed by atoms with Crippen LogP contribution in [0.15, 0.2) is 46.0 Å². The number of sulfonamides is 1. The fourth-order valence-corrected chi connectivity index (χ4v) is 6.12. The number of hydrogen-bond donors (Lipinski definition) is 0. The van der Waals surface area contributed by atoms with Crippen LogP contribution in [0.2, 0.25) is 0 Å². The lowest BCUT2D eigenvalue weighted by Gasteiger charge is -2.36. The molecule has 126 valence electrons. The first-order valence-corrected chi connectivity index (χ1v) is 10.3. The van der Waals surface area contributed by atoms with Gasteiger partial charge in [-0.2, -0.15) is 0 Å². The first kappa shape index (κ1) is 16.0. The van der Waals surface area contributed by atoms with Gasteiger partial charge < -0.3 is 9.45 Å². The molecule has 2 aromatic rings. The molecule has 3 heterocycles. The lowest BCUT2D eigenvalue weighted by molar-refractivity contribution is 0.0640. The molecular weight excluding hydrogens is 344 g/mol. The Morgan fingerprint density at radius 2 is 1.88 bits per heavy atom. The molecular formula is C17H18N2O3S2. The van der Waals surface area contributed by atoms with E-state index in [9.17, 15) is 13.6 Å². The minimum absolute atomic E-state index is 0.0742. The standard InChI is InChI=1S/C17H18N2O3S2/c20-17-15-5-2-1-4-13(15)12-19(17)14-7-9-18(10-8-14)24(21,22)16-6-3-11-23-16/h1-6,11,14H,7-10,12H2. The van der Waals surface area contributed by atoms with Crippen molar-refractivity contribution in [3.05, 3.63) is 52.9 Å². The Hall–Kier alpha value is -1.54. The first-order valence-electron chi connectivity index (χ1n) is 8.00. The smallest absolute Gasteiger partial charge is 0.254 e. The zero-order valence-corrected chi connectivity index (χ0v) is 14.7. The van der Waals surface area contributed by atoms with Gasteiger partial charge in [-0.15, -0.1) is 4.31 Å². The van der Waals surface area contributed by atoms with E-state index in [4.69, 9.17) is 0 Å². The number of rotatable bonds is 3. The summed E-state index contributed by atoms with van der Waals surface area (Å²) in [5.74, 6) is 0.0742. The third-order valence-corrected chi connectivity index (χ3v) is 8.07. The van der Waals surface area contributed by atoms with Gasteiger partial charge in [-0.05, 0) is 35.9 Å². The van der Waals surface area contributed by atoms with Gasteiger partial charge in [0.2, 0.25) is 4.21 Å². The lowest BCUT2D eigenvalue weighted by atomic mass is 10.1. The van der Waals surface area contributed by atoms with Gasteiger partial charge in [-0.1, -0.05) is 33.7 Å². The molecule has 0 saturated carbocycles. The van der Waals surface area contributed by atoms with Crippen LogP contribution in [-0.4, -0.2) is 38.8 Å². The van der Waals surface area contributed by atoms with Crippen LogP contribution >= 0.6 is 11.3 Å². The Bertz CT molecular complexity index is 798. The molecule has 4 rings (SSSR count). The molecule has 7 heteroatoms. The molecule has 1 unspecified atom stereocenters. The monoisotopic (exact) mass is 362 g/mol. The molecule has 1 aromatic carbocycles. The lowest BCUT2D eigenvalue weighted by Crippen LogP contribution is -2.48. The van der Waals surface area contributed by atoms with E-state index < -0.39 is 10.4 Å². The summed E-state index contributed by atoms with van der Waals surface area (Å²) in [6, 6.07) is 11.2. The molecule has 24 heavy (non-hydrogen) atoms. The molecule has 1 saturated heterocycles. The van der Waals surface area contributed by atoms with Crippen LogP contribution in [0.3, 0.4) is 0 Å². The van der Waals surface area contributed by atoms with Crippen molar-refractivity contribution in [2.75, 3.05) is 13.1 Å². The Morgan fingerprint density at radius 1 is 1.12 bits per heavy atom. The van der Waals surface area contributed by atoms with E-state index in [0.717, 1.165) is 11.1 Å². The van der Waals surface area contributed by atoms with E-state index >= 15 is 0 Å². The summed E-state index contributed by atoms with van der Waals surface area (Å²) in [6.45, 7) is 1.56. The SMILES string of the molecule is O=C1c2ccccc2CN1C1CCN([S+](=O)([O-])c2cccs2)CC1. The zero-order valence-electron chi connectivity index (χ0n) is 13.1. The normalized spacial score (nSPS) is 21.7. The van der Waals surface area contributed by atoms with Gasteiger partial charge in [-0.25, -0.2) is 0 Å².